The lowest BCUT2D eigenvalue weighted by Gasteiger charge is -2.26. The maximum Gasteiger partial charge on any atom is 0.404 e. The van der Waals surface area contributed by atoms with Gasteiger partial charge in [-0.15, -0.1) is 0 Å². The highest BCUT2D eigenvalue weighted by Gasteiger charge is 2.61. The number of aromatic nitrogens is 2. The van der Waals surface area contributed by atoms with Gasteiger partial charge >= 0.3 is 6.18 Å². The van der Waals surface area contributed by atoms with Gasteiger partial charge in [0.2, 0.25) is 5.89 Å². The van der Waals surface area contributed by atoms with Gasteiger partial charge in [0.15, 0.2) is 11.2 Å². The molecule has 1 N–H and O–H groups in total. The summed E-state index contributed by atoms with van der Waals surface area (Å²) in [5.74, 6) is 0.0634. The fraction of sp³-hybridized carbons (Fsp3) is 0.818. The molecule has 18 heavy (non-hydrogen) atoms. The van der Waals surface area contributed by atoms with Gasteiger partial charge in [-0.2, -0.15) is 18.2 Å². The van der Waals surface area contributed by atoms with Gasteiger partial charge in [0.25, 0.3) is 0 Å². The molecule has 0 spiro atoms. The standard InChI is InChI=1S/C11H16F3N3O/c1-2-3-4-8-16-9(18-17-8)10(11(12,13)14)5-6-15-7-10/h15H,2-7H2,1H3. The zero-order chi connectivity index (χ0) is 13.2. The summed E-state index contributed by atoms with van der Waals surface area (Å²) in [5.41, 5.74) is -2.01. The zero-order valence-electron chi connectivity index (χ0n) is 10.2. The predicted octanol–water partition coefficient (Wildman–Crippen LogP) is 2.21. The number of hydrogen-bond donors (Lipinski definition) is 1. The summed E-state index contributed by atoms with van der Waals surface area (Å²) in [5, 5.41) is 6.37. The molecule has 1 aromatic heterocycles. The summed E-state index contributed by atoms with van der Waals surface area (Å²) < 4.78 is 44.4. The van der Waals surface area contributed by atoms with Crippen LogP contribution >= 0.6 is 0 Å². The fourth-order valence-electron chi connectivity index (χ4n) is 2.12. The second-order valence-corrected chi connectivity index (χ2v) is 4.63. The van der Waals surface area contributed by atoms with Gasteiger partial charge in [-0.05, 0) is 19.4 Å². The van der Waals surface area contributed by atoms with E-state index in [1.165, 1.54) is 0 Å². The largest absolute Gasteiger partial charge is 0.404 e. The van der Waals surface area contributed by atoms with E-state index in [0.29, 0.717) is 18.8 Å². The molecule has 0 radical (unpaired) electrons. The van der Waals surface area contributed by atoms with Crippen LogP contribution < -0.4 is 5.32 Å². The molecule has 2 heterocycles. The summed E-state index contributed by atoms with van der Waals surface area (Å²) in [4.78, 5) is 3.93. The summed E-state index contributed by atoms with van der Waals surface area (Å²) in [7, 11) is 0. The molecule has 1 aliphatic rings. The topological polar surface area (TPSA) is 51.0 Å². The van der Waals surface area contributed by atoms with E-state index in [1.54, 1.807) is 0 Å². The summed E-state index contributed by atoms with van der Waals surface area (Å²) in [6.45, 7) is 2.12. The van der Waals surface area contributed by atoms with Crippen molar-refractivity contribution in [1.29, 1.82) is 0 Å². The highest BCUT2D eigenvalue weighted by Crippen LogP contribution is 2.44. The van der Waals surface area contributed by atoms with Gasteiger partial charge in [0, 0.05) is 13.0 Å². The lowest BCUT2D eigenvalue weighted by molar-refractivity contribution is -0.191. The average molecular weight is 263 g/mol. The van der Waals surface area contributed by atoms with Crippen molar-refractivity contribution in [2.75, 3.05) is 13.1 Å². The molecule has 7 heteroatoms. The molecule has 1 aliphatic heterocycles. The molecular weight excluding hydrogens is 247 g/mol. The molecule has 0 bridgehead atoms. The monoisotopic (exact) mass is 263 g/mol. The zero-order valence-corrected chi connectivity index (χ0v) is 10.2. The van der Waals surface area contributed by atoms with Crippen LogP contribution in [0, 0.1) is 0 Å². The second-order valence-electron chi connectivity index (χ2n) is 4.63. The van der Waals surface area contributed by atoms with Crippen LogP contribution in [0.3, 0.4) is 0 Å². The van der Waals surface area contributed by atoms with Crippen molar-refractivity contribution >= 4 is 0 Å². The van der Waals surface area contributed by atoms with Crippen molar-refractivity contribution in [3.8, 4) is 0 Å². The summed E-state index contributed by atoms with van der Waals surface area (Å²) in [6.07, 6.45) is -2.08. The van der Waals surface area contributed by atoms with Crippen molar-refractivity contribution in [3.05, 3.63) is 11.7 Å². The smallest absolute Gasteiger partial charge is 0.338 e. The normalized spacial score (nSPS) is 24.7. The molecule has 102 valence electrons. The van der Waals surface area contributed by atoms with E-state index in [4.69, 9.17) is 4.52 Å². The van der Waals surface area contributed by atoms with Gasteiger partial charge in [-0.25, -0.2) is 0 Å². The van der Waals surface area contributed by atoms with Crippen molar-refractivity contribution in [1.82, 2.24) is 15.5 Å². The Kier molecular flexibility index (Phi) is 3.61. The second kappa shape index (κ2) is 4.87. The minimum Gasteiger partial charge on any atom is -0.338 e. The highest BCUT2D eigenvalue weighted by atomic mass is 19.4. The molecule has 1 unspecified atom stereocenters. The first-order valence-electron chi connectivity index (χ1n) is 6.10. The molecule has 2 rings (SSSR count). The van der Waals surface area contributed by atoms with Crippen LogP contribution in [0.15, 0.2) is 4.52 Å². The van der Waals surface area contributed by atoms with E-state index in [9.17, 15) is 13.2 Å². The lowest BCUT2D eigenvalue weighted by atomic mass is 9.86. The molecule has 0 aromatic carbocycles. The van der Waals surface area contributed by atoms with Crippen LogP contribution in [0.2, 0.25) is 0 Å². The fourth-order valence-corrected chi connectivity index (χ4v) is 2.12. The van der Waals surface area contributed by atoms with Crippen LogP contribution in [0.1, 0.15) is 37.9 Å². The highest BCUT2D eigenvalue weighted by molar-refractivity contribution is 5.14. The Morgan fingerprint density at radius 1 is 1.44 bits per heavy atom. The van der Waals surface area contributed by atoms with Crippen molar-refractivity contribution in [2.24, 2.45) is 0 Å². The van der Waals surface area contributed by atoms with Gasteiger partial charge in [0.1, 0.15) is 0 Å². The number of aryl methyl sites for hydroxylation is 1. The van der Waals surface area contributed by atoms with E-state index in [0.717, 1.165) is 12.8 Å². The predicted molar refractivity (Wildman–Crippen MR) is 58.1 cm³/mol. The quantitative estimate of drug-likeness (QED) is 0.904. The number of unbranched alkanes of at least 4 members (excludes halogenated alkanes) is 1. The van der Waals surface area contributed by atoms with Crippen molar-refractivity contribution < 1.29 is 17.7 Å². The molecule has 1 atom stereocenters. The number of rotatable bonds is 4. The van der Waals surface area contributed by atoms with Gasteiger partial charge in [-0.3, -0.25) is 0 Å². The molecule has 4 nitrogen and oxygen atoms in total. The molecule has 0 aliphatic carbocycles. The summed E-state index contributed by atoms with van der Waals surface area (Å²) >= 11 is 0. The molecular formula is C11H16F3N3O. The number of nitrogens with one attached hydrogen (secondary N) is 1. The number of halogens is 3. The number of alkyl halides is 3. The first-order valence-corrected chi connectivity index (χ1v) is 6.10. The molecule has 1 aromatic rings. The van der Waals surface area contributed by atoms with E-state index in [-0.39, 0.29) is 18.9 Å². The van der Waals surface area contributed by atoms with E-state index >= 15 is 0 Å². The summed E-state index contributed by atoms with van der Waals surface area (Å²) in [6, 6.07) is 0. The van der Waals surface area contributed by atoms with Crippen LogP contribution in [-0.4, -0.2) is 29.4 Å². The lowest BCUT2D eigenvalue weighted by Crippen LogP contribution is -2.44. The van der Waals surface area contributed by atoms with Crippen molar-refractivity contribution in [2.45, 2.75) is 44.2 Å². The maximum atomic E-state index is 13.2. The van der Waals surface area contributed by atoms with Crippen LogP contribution in [-0.2, 0) is 11.8 Å². The third-order valence-electron chi connectivity index (χ3n) is 3.33. The third kappa shape index (κ3) is 2.23. The van der Waals surface area contributed by atoms with Gasteiger partial charge in [0.05, 0.1) is 0 Å². The first kappa shape index (κ1) is 13.3. The Bertz CT molecular complexity index is 396. The van der Waals surface area contributed by atoms with Gasteiger partial charge in [-0.1, -0.05) is 18.5 Å². The first-order chi connectivity index (χ1) is 8.49. The van der Waals surface area contributed by atoms with E-state index in [2.05, 4.69) is 15.5 Å². The Morgan fingerprint density at radius 2 is 2.22 bits per heavy atom. The Hall–Kier alpha value is -1.11. The average Bonchev–Trinajstić information content (AvgIpc) is 2.94. The van der Waals surface area contributed by atoms with E-state index < -0.39 is 11.6 Å². The van der Waals surface area contributed by atoms with Crippen LogP contribution in [0.4, 0.5) is 13.2 Å². The molecule has 0 amide bonds. The Morgan fingerprint density at radius 3 is 2.78 bits per heavy atom. The molecule has 0 saturated carbocycles. The molecule has 1 fully saturated rings. The molecule has 1 saturated heterocycles. The van der Waals surface area contributed by atoms with E-state index in [1.807, 2.05) is 6.92 Å². The van der Waals surface area contributed by atoms with Crippen LogP contribution in [0.25, 0.3) is 0 Å². The number of hydrogen-bond acceptors (Lipinski definition) is 4. The van der Waals surface area contributed by atoms with Crippen LogP contribution in [0.5, 0.6) is 0 Å². The maximum absolute atomic E-state index is 13.2. The number of nitrogens with zero attached hydrogens (tertiary/aromatic N) is 2. The SMILES string of the molecule is CCCCc1noc(C2(C(F)(F)F)CCNC2)n1. The minimum absolute atomic E-state index is 0.0497. The Balaban J connectivity index is 2.24. The third-order valence-corrected chi connectivity index (χ3v) is 3.33. The van der Waals surface area contributed by atoms with Gasteiger partial charge < -0.3 is 9.84 Å². The Labute approximate surface area is 103 Å². The van der Waals surface area contributed by atoms with Crippen molar-refractivity contribution in [3.63, 3.8) is 0 Å². The minimum atomic E-state index is -4.37.